The molecule has 0 aliphatic heterocycles. The van der Waals surface area contributed by atoms with Gasteiger partial charge in [-0.15, -0.1) is 0 Å². The average molecular weight is 371 g/mol. The fourth-order valence-corrected chi connectivity index (χ4v) is 3.25. The van der Waals surface area contributed by atoms with Crippen molar-refractivity contribution in [2.45, 2.75) is 5.60 Å². The normalized spacial score (nSPS) is 13.0. The van der Waals surface area contributed by atoms with E-state index in [4.69, 9.17) is 4.42 Å². The van der Waals surface area contributed by atoms with Crippen LogP contribution in [-0.4, -0.2) is 30.6 Å². The Morgan fingerprint density at radius 2 is 1.92 bits per heavy atom. The second-order valence-electron chi connectivity index (χ2n) is 5.60. The van der Waals surface area contributed by atoms with Crippen LogP contribution in [0.2, 0.25) is 0 Å². The third kappa shape index (κ3) is 3.54. The van der Waals surface area contributed by atoms with E-state index in [-0.39, 0.29) is 12.5 Å². The lowest BCUT2D eigenvalue weighted by Crippen LogP contribution is -2.41. The van der Waals surface area contributed by atoms with Gasteiger partial charge in [-0.05, 0) is 53.2 Å². The van der Waals surface area contributed by atoms with Crippen LogP contribution < -0.4 is 5.32 Å². The first-order valence-corrected chi connectivity index (χ1v) is 8.74. The summed E-state index contributed by atoms with van der Waals surface area (Å²) in [7, 11) is 1.29. The number of thiophene rings is 1. The summed E-state index contributed by atoms with van der Waals surface area (Å²) in [5.74, 6) is -0.500. The van der Waals surface area contributed by atoms with Crippen LogP contribution >= 0.6 is 11.3 Å². The van der Waals surface area contributed by atoms with Crippen LogP contribution in [-0.2, 0) is 10.3 Å². The molecule has 0 aliphatic rings. The molecule has 3 rings (SSSR count). The Hall–Kier alpha value is -2.90. The van der Waals surface area contributed by atoms with Gasteiger partial charge in [0.05, 0.1) is 25.5 Å². The van der Waals surface area contributed by atoms with E-state index in [0.717, 1.165) is 0 Å². The lowest BCUT2D eigenvalue weighted by Gasteiger charge is -2.25. The van der Waals surface area contributed by atoms with Gasteiger partial charge in [-0.25, -0.2) is 4.79 Å². The number of carbonyl (C=O) groups is 2. The topological polar surface area (TPSA) is 88.8 Å². The van der Waals surface area contributed by atoms with E-state index in [0.29, 0.717) is 22.5 Å². The molecule has 1 aromatic carbocycles. The highest BCUT2D eigenvalue weighted by atomic mass is 32.1. The number of ether oxygens (including phenoxy) is 1. The summed E-state index contributed by atoms with van der Waals surface area (Å²) in [5, 5.41) is 17.5. The molecule has 2 aromatic heterocycles. The number of hydrogen-bond donors (Lipinski definition) is 2. The van der Waals surface area contributed by atoms with Crippen LogP contribution in [0.4, 0.5) is 0 Å². The molecule has 0 saturated heterocycles. The Kier molecular flexibility index (Phi) is 5.20. The summed E-state index contributed by atoms with van der Waals surface area (Å²) in [5.41, 5.74) is -0.108. The number of nitrogens with one attached hydrogen (secondary N) is 1. The van der Waals surface area contributed by atoms with Crippen LogP contribution in [0.25, 0.3) is 0 Å². The summed E-state index contributed by atoms with van der Waals surface area (Å²) in [6, 6.07) is 11.2. The summed E-state index contributed by atoms with van der Waals surface area (Å²) in [4.78, 5) is 23.9. The Morgan fingerprint density at radius 1 is 1.19 bits per heavy atom. The van der Waals surface area contributed by atoms with Gasteiger partial charge >= 0.3 is 5.97 Å². The highest BCUT2D eigenvalue weighted by molar-refractivity contribution is 7.08. The van der Waals surface area contributed by atoms with Gasteiger partial charge in [0, 0.05) is 11.1 Å². The molecule has 0 aliphatic carbocycles. The number of hydrogen-bond acceptors (Lipinski definition) is 6. The zero-order valence-electron chi connectivity index (χ0n) is 14.0. The van der Waals surface area contributed by atoms with Gasteiger partial charge in [-0.2, -0.15) is 11.3 Å². The molecule has 6 nitrogen and oxygen atoms in total. The first-order chi connectivity index (χ1) is 12.5. The molecule has 0 spiro atoms. The molecule has 1 atom stereocenters. The number of aliphatic hydroxyl groups is 1. The predicted octanol–water partition coefficient (Wildman–Crippen LogP) is 2.79. The van der Waals surface area contributed by atoms with Gasteiger partial charge in [-0.1, -0.05) is 0 Å². The highest BCUT2D eigenvalue weighted by Gasteiger charge is 2.35. The molecule has 134 valence electrons. The van der Waals surface area contributed by atoms with Crippen LogP contribution in [0.3, 0.4) is 0 Å². The van der Waals surface area contributed by atoms with Crippen molar-refractivity contribution in [2.24, 2.45) is 0 Å². The highest BCUT2D eigenvalue weighted by Crippen LogP contribution is 2.31. The molecule has 2 heterocycles. The van der Waals surface area contributed by atoms with E-state index in [1.165, 1.54) is 49.0 Å². The van der Waals surface area contributed by atoms with Crippen molar-refractivity contribution < 1.29 is 23.8 Å². The third-order valence-corrected chi connectivity index (χ3v) is 4.68. The van der Waals surface area contributed by atoms with Crippen molar-refractivity contribution in [3.8, 4) is 0 Å². The van der Waals surface area contributed by atoms with E-state index in [1.54, 1.807) is 23.6 Å². The lowest BCUT2D eigenvalue weighted by molar-refractivity contribution is 0.0528. The maximum atomic E-state index is 12.4. The average Bonchev–Trinajstić information content (AvgIpc) is 3.39. The number of amides is 1. The van der Waals surface area contributed by atoms with Gasteiger partial charge in [0.25, 0.3) is 5.91 Å². The number of rotatable bonds is 6. The zero-order chi connectivity index (χ0) is 18.6. The number of carbonyl (C=O) groups excluding carboxylic acids is 2. The van der Waals surface area contributed by atoms with Crippen LogP contribution in [0, 0.1) is 0 Å². The molecule has 2 N–H and O–H groups in total. The smallest absolute Gasteiger partial charge is 0.337 e. The molecule has 0 bridgehead atoms. The molecule has 1 amide bonds. The van der Waals surface area contributed by atoms with Crippen molar-refractivity contribution in [3.05, 3.63) is 81.9 Å². The summed E-state index contributed by atoms with van der Waals surface area (Å²) in [6.45, 7) is -0.0607. The molecular formula is C19H17NO5S. The van der Waals surface area contributed by atoms with Gasteiger partial charge in [0.15, 0.2) is 5.60 Å². The quantitative estimate of drug-likeness (QED) is 0.651. The second kappa shape index (κ2) is 7.55. The van der Waals surface area contributed by atoms with E-state index in [2.05, 4.69) is 10.1 Å². The SMILES string of the molecule is COC(=O)c1ccc(C(=O)NC[C@@](O)(c2ccsc2)c2ccco2)cc1. The lowest BCUT2D eigenvalue weighted by atomic mass is 9.93. The van der Waals surface area contributed by atoms with Crippen LogP contribution in [0.1, 0.15) is 32.0 Å². The largest absolute Gasteiger partial charge is 0.466 e. The van der Waals surface area contributed by atoms with E-state index < -0.39 is 11.6 Å². The maximum Gasteiger partial charge on any atom is 0.337 e. The minimum absolute atomic E-state index is 0.0607. The summed E-state index contributed by atoms with van der Waals surface area (Å²) in [6.07, 6.45) is 1.47. The summed E-state index contributed by atoms with van der Waals surface area (Å²) < 4.78 is 10.00. The van der Waals surface area contributed by atoms with Crippen molar-refractivity contribution in [2.75, 3.05) is 13.7 Å². The van der Waals surface area contributed by atoms with E-state index in [1.807, 2.05) is 5.38 Å². The van der Waals surface area contributed by atoms with Gasteiger partial charge in [0.2, 0.25) is 0 Å². The van der Waals surface area contributed by atoms with Gasteiger partial charge in [-0.3, -0.25) is 4.79 Å². The van der Waals surface area contributed by atoms with Crippen molar-refractivity contribution in [3.63, 3.8) is 0 Å². The predicted molar refractivity (Wildman–Crippen MR) is 96.1 cm³/mol. The fourth-order valence-electron chi connectivity index (χ4n) is 2.53. The van der Waals surface area contributed by atoms with Gasteiger partial charge < -0.3 is 19.6 Å². The molecule has 3 aromatic rings. The first kappa shape index (κ1) is 17.9. The van der Waals surface area contributed by atoms with E-state index in [9.17, 15) is 14.7 Å². The van der Waals surface area contributed by atoms with Crippen molar-refractivity contribution >= 4 is 23.2 Å². The molecular weight excluding hydrogens is 354 g/mol. The maximum absolute atomic E-state index is 12.4. The fraction of sp³-hybridized carbons (Fsp3) is 0.158. The minimum atomic E-state index is -1.47. The van der Waals surface area contributed by atoms with Crippen LogP contribution in [0.5, 0.6) is 0 Å². The molecule has 0 fully saturated rings. The number of benzene rings is 1. The standard InChI is InChI=1S/C19H17NO5S/c1-24-18(22)14-6-4-13(5-7-14)17(21)20-12-19(23,15-8-10-26-11-15)16-3-2-9-25-16/h2-11,23H,12H2,1H3,(H,20,21)/t19-/m1/s1. The van der Waals surface area contributed by atoms with E-state index >= 15 is 0 Å². The van der Waals surface area contributed by atoms with Crippen LogP contribution in [0.15, 0.2) is 63.9 Å². The molecule has 0 saturated carbocycles. The van der Waals surface area contributed by atoms with Gasteiger partial charge in [0.1, 0.15) is 5.76 Å². The second-order valence-corrected chi connectivity index (χ2v) is 6.38. The molecule has 26 heavy (non-hydrogen) atoms. The van der Waals surface area contributed by atoms with Crippen molar-refractivity contribution in [1.82, 2.24) is 5.32 Å². The Labute approximate surface area is 154 Å². The Morgan fingerprint density at radius 3 is 2.50 bits per heavy atom. The Balaban J connectivity index is 1.75. The van der Waals surface area contributed by atoms with Crippen molar-refractivity contribution in [1.29, 1.82) is 0 Å². The number of furan rings is 1. The Bertz CT molecular complexity index is 835. The zero-order valence-corrected chi connectivity index (χ0v) is 14.8. The first-order valence-electron chi connectivity index (χ1n) is 7.80. The monoisotopic (exact) mass is 371 g/mol. The molecule has 0 unspecified atom stereocenters. The minimum Gasteiger partial charge on any atom is -0.466 e. The summed E-state index contributed by atoms with van der Waals surface area (Å²) >= 11 is 1.44. The number of methoxy groups -OCH3 is 1. The molecule has 0 radical (unpaired) electrons. The number of esters is 1. The third-order valence-electron chi connectivity index (χ3n) is 4.00. The molecule has 7 heteroatoms.